The number of amidine groups is 1. The van der Waals surface area contributed by atoms with E-state index in [9.17, 15) is 4.57 Å². The van der Waals surface area contributed by atoms with Crippen molar-refractivity contribution in [1.29, 1.82) is 5.41 Å². The predicted molar refractivity (Wildman–Crippen MR) is 124 cm³/mol. The SMILES string of the molecule is CCCCOP(=O)(OCCCC)C(C(=N)N)C(=Nc1ccccc1)c1ccccc1. The van der Waals surface area contributed by atoms with E-state index in [0.29, 0.717) is 11.4 Å². The minimum Gasteiger partial charge on any atom is -0.387 e. The fraction of sp³-hybridized carbons (Fsp3) is 0.391. The van der Waals surface area contributed by atoms with E-state index in [1.54, 1.807) is 0 Å². The number of nitrogens with zero attached hydrogens (tertiary/aromatic N) is 1. The Bertz CT molecular complexity index is 843. The highest BCUT2D eigenvalue weighted by atomic mass is 31.2. The Morgan fingerprint density at radius 3 is 1.93 bits per heavy atom. The van der Waals surface area contributed by atoms with Crippen molar-refractivity contribution in [3.05, 3.63) is 66.2 Å². The maximum absolute atomic E-state index is 14.0. The largest absolute Gasteiger partial charge is 0.387 e. The van der Waals surface area contributed by atoms with Gasteiger partial charge in [-0.1, -0.05) is 75.2 Å². The third-order valence-corrected chi connectivity index (χ3v) is 6.72. The summed E-state index contributed by atoms with van der Waals surface area (Å²) in [4.78, 5) is 4.74. The van der Waals surface area contributed by atoms with Crippen LogP contribution in [0.1, 0.15) is 45.1 Å². The molecule has 0 aliphatic carbocycles. The summed E-state index contributed by atoms with van der Waals surface area (Å²) in [6, 6.07) is 18.7. The fourth-order valence-electron chi connectivity index (χ4n) is 2.86. The standard InChI is InChI=1S/C23H32N3O3P/c1-3-5-17-28-30(27,29-18-6-4-2)22(23(24)25)21(19-13-9-7-10-14-19)26-20-15-11-8-12-16-20/h7-16,22H,3-6,17-18H2,1-2H3,(H3,24,25). The van der Waals surface area contributed by atoms with Gasteiger partial charge < -0.3 is 14.8 Å². The van der Waals surface area contributed by atoms with E-state index in [2.05, 4.69) is 0 Å². The number of hydrogen-bond acceptors (Lipinski definition) is 5. The minimum absolute atomic E-state index is 0.275. The maximum Gasteiger partial charge on any atom is 0.347 e. The zero-order valence-electron chi connectivity index (χ0n) is 17.8. The van der Waals surface area contributed by atoms with E-state index in [-0.39, 0.29) is 19.0 Å². The summed E-state index contributed by atoms with van der Waals surface area (Å²) < 4.78 is 25.6. The second kappa shape index (κ2) is 12.4. The van der Waals surface area contributed by atoms with Crippen LogP contribution in [-0.2, 0) is 13.6 Å². The van der Waals surface area contributed by atoms with Gasteiger partial charge in [-0.15, -0.1) is 0 Å². The van der Waals surface area contributed by atoms with Crippen LogP contribution in [0.25, 0.3) is 0 Å². The van der Waals surface area contributed by atoms with Gasteiger partial charge >= 0.3 is 7.60 Å². The third-order valence-electron chi connectivity index (χ3n) is 4.48. The number of benzene rings is 2. The van der Waals surface area contributed by atoms with Crippen LogP contribution < -0.4 is 5.73 Å². The molecule has 0 radical (unpaired) electrons. The van der Waals surface area contributed by atoms with Gasteiger partial charge in [-0.2, -0.15) is 0 Å². The van der Waals surface area contributed by atoms with Crippen molar-refractivity contribution in [2.75, 3.05) is 13.2 Å². The van der Waals surface area contributed by atoms with Gasteiger partial charge in [-0.05, 0) is 30.5 Å². The number of aliphatic imine (C=N–C) groups is 1. The van der Waals surface area contributed by atoms with Crippen molar-refractivity contribution in [2.24, 2.45) is 10.7 Å². The van der Waals surface area contributed by atoms with E-state index in [1.807, 2.05) is 74.5 Å². The highest BCUT2D eigenvalue weighted by Crippen LogP contribution is 2.54. The monoisotopic (exact) mass is 429 g/mol. The highest BCUT2D eigenvalue weighted by Gasteiger charge is 2.42. The lowest BCUT2D eigenvalue weighted by atomic mass is 10.1. The normalized spacial score (nSPS) is 13.2. The Hall–Kier alpha value is -2.27. The summed E-state index contributed by atoms with van der Waals surface area (Å²) >= 11 is 0. The maximum atomic E-state index is 14.0. The van der Waals surface area contributed by atoms with Gasteiger partial charge in [0.15, 0.2) is 5.66 Å². The van der Waals surface area contributed by atoms with Crippen LogP contribution in [0.2, 0.25) is 0 Å². The first-order valence-electron chi connectivity index (χ1n) is 10.4. The molecule has 2 aromatic carbocycles. The van der Waals surface area contributed by atoms with Crippen molar-refractivity contribution < 1.29 is 13.6 Å². The molecule has 2 rings (SSSR count). The summed E-state index contributed by atoms with van der Waals surface area (Å²) in [6.45, 7) is 4.61. The molecule has 30 heavy (non-hydrogen) atoms. The number of unbranched alkanes of at least 4 members (excludes halogenated alkanes) is 2. The molecule has 2 aromatic rings. The van der Waals surface area contributed by atoms with Gasteiger partial charge in [0.1, 0.15) is 5.84 Å². The average Bonchev–Trinajstić information content (AvgIpc) is 2.75. The molecule has 0 saturated carbocycles. The van der Waals surface area contributed by atoms with E-state index >= 15 is 0 Å². The Morgan fingerprint density at radius 1 is 0.967 bits per heavy atom. The first-order valence-corrected chi connectivity index (χ1v) is 12.0. The molecular weight excluding hydrogens is 397 g/mol. The highest BCUT2D eigenvalue weighted by molar-refractivity contribution is 7.57. The van der Waals surface area contributed by atoms with E-state index in [0.717, 1.165) is 31.2 Å². The van der Waals surface area contributed by atoms with Gasteiger partial charge in [0.25, 0.3) is 0 Å². The van der Waals surface area contributed by atoms with Crippen LogP contribution in [0.4, 0.5) is 5.69 Å². The number of rotatable bonds is 13. The summed E-state index contributed by atoms with van der Waals surface area (Å²) in [7, 11) is -3.78. The number of hydrogen-bond donors (Lipinski definition) is 2. The van der Waals surface area contributed by atoms with Crippen molar-refractivity contribution >= 4 is 24.8 Å². The fourth-order valence-corrected chi connectivity index (χ4v) is 4.85. The zero-order chi connectivity index (χ0) is 21.8. The minimum atomic E-state index is -3.78. The van der Waals surface area contributed by atoms with Gasteiger partial charge in [0, 0.05) is 0 Å². The van der Waals surface area contributed by atoms with Gasteiger partial charge in [0.2, 0.25) is 0 Å². The summed E-state index contributed by atoms with van der Waals surface area (Å²) in [5.41, 5.74) is 6.71. The van der Waals surface area contributed by atoms with Crippen molar-refractivity contribution in [3.63, 3.8) is 0 Å². The van der Waals surface area contributed by atoms with Crippen molar-refractivity contribution in [1.82, 2.24) is 0 Å². The first-order chi connectivity index (χ1) is 14.5. The van der Waals surface area contributed by atoms with E-state index < -0.39 is 13.3 Å². The van der Waals surface area contributed by atoms with Crippen LogP contribution in [0.5, 0.6) is 0 Å². The van der Waals surface area contributed by atoms with E-state index in [4.69, 9.17) is 25.2 Å². The summed E-state index contributed by atoms with van der Waals surface area (Å²) in [5.74, 6) is -0.287. The van der Waals surface area contributed by atoms with Crippen LogP contribution in [0.3, 0.4) is 0 Å². The second-order valence-corrected chi connectivity index (χ2v) is 9.08. The molecule has 0 saturated heterocycles. The molecule has 6 nitrogen and oxygen atoms in total. The number of nitrogens with two attached hydrogens (primary N) is 1. The lowest BCUT2D eigenvalue weighted by molar-refractivity contribution is 0.200. The molecule has 0 amide bonds. The molecule has 0 spiro atoms. The summed E-state index contributed by atoms with van der Waals surface area (Å²) in [5, 5.41) is 8.28. The quantitative estimate of drug-likeness (QED) is 0.178. The molecule has 1 unspecified atom stereocenters. The van der Waals surface area contributed by atoms with Crippen LogP contribution >= 0.6 is 7.60 Å². The molecule has 3 N–H and O–H groups in total. The summed E-state index contributed by atoms with van der Waals surface area (Å²) in [6.07, 6.45) is 3.26. The smallest absolute Gasteiger partial charge is 0.347 e. The van der Waals surface area contributed by atoms with Crippen molar-refractivity contribution in [3.8, 4) is 0 Å². The predicted octanol–water partition coefficient (Wildman–Crippen LogP) is 5.94. The molecule has 0 bridgehead atoms. The molecular formula is C23H32N3O3P. The van der Waals surface area contributed by atoms with Crippen LogP contribution in [-0.4, -0.2) is 30.4 Å². The molecule has 162 valence electrons. The van der Waals surface area contributed by atoms with Gasteiger partial charge in [0.05, 0.1) is 24.6 Å². The Labute approximate surface area is 179 Å². The van der Waals surface area contributed by atoms with Gasteiger partial charge in [-0.25, -0.2) is 0 Å². The van der Waals surface area contributed by atoms with Gasteiger partial charge in [-0.3, -0.25) is 15.0 Å². The Balaban J connectivity index is 2.56. The molecule has 0 heterocycles. The van der Waals surface area contributed by atoms with Crippen molar-refractivity contribution in [2.45, 2.75) is 45.2 Å². The number of para-hydroxylation sites is 1. The molecule has 7 heteroatoms. The van der Waals surface area contributed by atoms with Crippen LogP contribution in [0, 0.1) is 5.41 Å². The van der Waals surface area contributed by atoms with E-state index in [1.165, 1.54) is 0 Å². The Kier molecular flexibility index (Phi) is 9.95. The molecule has 0 aliphatic heterocycles. The molecule has 1 atom stereocenters. The molecule has 0 aromatic heterocycles. The second-order valence-electron chi connectivity index (χ2n) is 6.97. The molecule has 0 fully saturated rings. The number of nitrogens with one attached hydrogen (secondary N) is 1. The lowest BCUT2D eigenvalue weighted by Crippen LogP contribution is -2.37. The zero-order valence-corrected chi connectivity index (χ0v) is 18.7. The lowest BCUT2D eigenvalue weighted by Gasteiger charge is -2.27. The Morgan fingerprint density at radius 2 is 1.47 bits per heavy atom. The molecule has 0 aliphatic rings. The van der Waals surface area contributed by atoms with Crippen LogP contribution in [0.15, 0.2) is 65.7 Å². The third kappa shape index (κ3) is 6.91. The topological polar surface area (TPSA) is 97.8 Å². The first kappa shape index (κ1) is 24.0. The average molecular weight is 430 g/mol.